The molecule has 0 atom stereocenters. The third-order valence-corrected chi connectivity index (χ3v) is 2.77. The fourth-order valence-corrected chi connectivity index (χ4v) is 1.61. The highest BCUT2D eigenvalue weighted by Crippen LogP contribution is 2.07. The van der Waals surface area contributed by atoms with Gasteiger partial charge in [0.05, 0.1) is 0 Å². The van der Waals surface area contributed by atoms with Crippen LogP contribution in [0, 0.1) is 6.92 Å². The predicted molar refractivity (Wildman–Crippen MR) is 69.4 cm³/mol. The first-order valence-corrected chi connectivity index (χ1v) is 5.86. The van der Waals surface area contributed by atoms with Gasteiger partial charge in [-0.3, -0.25) is 4.79 Å². The van der Waals surface area contributed by atoms with E-state index >= 15 is 0 Å². The zero-order valence-corrected chi connectivity index (χ0v) is 10.6. The number of rotatable bonds is 3. The van der Waals surface area contributed by atoms with Gasteiger partial charge in [-0.2, -0.15) is 0 Å². The van der Waals surface area contributed by atoms with Crippen molar-refractivity contribution >= 4 is 17.5 Å². The van der Waals surface area contributed by atoms with E-state index in [0.29, 0.717) is 6.54 Å². The Balaban J connectivity index is 2.01. The first-order chi connectivity index (χ1) is 8.66. The van der Waals surface area contributed by atoms with Gasteiger partial charge in [0.25, 0.3) is 5.91 Å². The molecule has 0 saturated carbocycles. The van der Waals surface area contributed by atoms with Gasteiger partial charge in [-0.1, -0.05) is 35.9 Å². The maximum Gasteiger partial charge on any atom is 0.272 e. The van der Waals surface area contributed by atoms with Crippen LogP contribution in [0.1, 0.15) is 21.6 Å². The topological polar surface area (TPSA) is 54.9 Å². The molecule has 0 fully saturated rings. The molecule has 18 heavy (non-hydrogen) atoms. The molecule has 2 aromatic rings. The van der Waals surface area contributed by atoms with Crippen LogP contribution in [-0.4, -0.2) is 16.1 Å². The van der Waals surface area contributed by atoms with E-state index in [4.69, 9.17) is 11.6 Å². The summed E-state index contributed by atoms with van der Waals surface area (Å²) < 4.78 is 0. The fourth-order valence-electron chi connectivity index (χ4n) is 1.51. The zero-order valence-electron chi connectivity index (χ0n) is 9.85. The van der Waals surface area contributed by atoms with Gasteiger partial charge in [0.1, 0.15) is 0 Å². The minimum absolute atomic E-state index is 0.257. The van der Waals surface area contributed by atoms with Crippen molar-refractivity contribution in [3.63, 3.8) is 0 Å². The highest BCUT2D eigenvalue weighted by molar-refractivity contribution is 6.29. The summed E-state index contributed by atoms with van der Waals surface area (Å²) in [7, 11) is 0. The summed E-state index contributed by atoms with van der Waals surface area (Å²) in [4.78, 5) is 11.8. The van der Waals surface area contributed by atoms with Crippen molar-refractivity contribution in [2.45, 2.75) is 13.5 Å². The SMILES string of the molecule is Cc1ccccc1CNC(=O)c1ccc(Cl)nn1. The van der Waals surface area contributed by atoms with Crippen molar-refractivity contribution in [1.82, 2.24) is 15.5 Å². The second kappa shape index (κ2) is 5.60. The molecular formula is C13H12ClN3O. The predicted octanol–water partition coefficient (Wildman–Crippen LogP) is 2.37. The van der Waals surface area contributed by atoms with Gasteiger partial charge in [-0.05, 0) is 30.2 Å². The van der Waals surface area contributed by atoms with Gasteiger partial charge in [0.2, 0.25) is 0 Å². The fraction of sp³-hybridized carbons (Fsp3) is 0.154. The second-order valence-corrected chi connectivity index (χ2v) is 4.24. The van der Waals surface area contributed by atoms with E-state index in [1.165, 1.54) is 6.07 Å². The number of hydrogen-bond donors (Lipinski definition) is 1. The summed E-state index contributed by atoms with van der Waals surface area (Å²) >= 11 is 5.60. The molecule has 1 aromatic heterocycles. The number of aromatic nitrogens is 2. The van der Waals surface area contributed by atoms with Crippen LogP contribution >= 0.6 is 11.6 Å². The van der Waals surface area contributed by atoms with Crippen LogP contribution in [0.3, 0.4) is 0 Å². The van der Waals surface area contributed by atoms with E-state index < -0.39 is 0 Å². The lowest BCUT2D eigenvalue weighted by Gasteiger charge is -2.07. The van der Waals surface area contributed by atoms with E-state index in [1.807, 2.05) is 31.2 Å². The maximum absolute atomic E-state index is 11.8. The Labute approximate surface area is 110 Å². The lowest BCUT2D eigenvalue weighted by Crippen LogP contribution is -2.24. The van der Waals surface area contributed by atoms with Crippen LogP contribution in [0.2, 0.25) is 5.15 Å². The van der Waals surface area contributed by atoms with Crippen molar-refractivity contribution in [1.29, 1.82) is 0 Å². The normalized spacial score (nSPS) is 10.1. The number of hydrogen-bond acceptors (Lipinski definition) is 3. The van der Waals surface area contributed by atoms with E-state index in [2.05, 4.69) is 15.5 Å². The number of aryl methyl sites for hydroxylation is 1. The molecule has 0 aliphatic carbocycles. The summed E-state index contributed by atoms with van der Waals surface area (Å²) in [6.07, 6.45) is 0. The smallest absolute Gasteiger partial charge is 0.272 e. The molecule has 92 valence electrons. The molecule has 0 spiro atoms. The van der Waals surface area contributed by atoms with E-state index in [0.717, 1.165) is 11.1 Å². The molecule has 5 heteroatoms. The highest BCUT2D eigenvalue weighted by atomic mass is 35.5. The van der Waals surface area contributed by atoms with Gasteiger partial charge in [-0.15, -0.1) is 10.2 Å². The Morgan fingerprint density at radius 1 is 1.22 bits per heavy atom. The maximum atomic E-state index is 11.8. The summed E-state index contributed by atoms with van der Waals surface area (Å²) in [5.41, 5.74) is 2.47. The highest BCUT2D eigenvalue weighted by Gasteiger charge is 2.07. The molecule has 0 aliphatic heterocycles. The molecule has 1 heterocycles. The van der Waals surface area contributed by atoms with Gasteiger partial charge < -0.3 is 5.32 Å². The van der Waals surface area contributed by atoms with Crippen LogP contribution in [0.4, 0.5) is 0 Å². The average molecular weight is 262 g/mol. The van der Waals surface area contributed by atoms with Crippen molar-refractivity contribution in [3.05, 3.63) is 58.4 Å². The third kappa shape index (κ3) is 3.05. The number of nitrogens with zero attached hydrogens (tertiary/aromatic N) is 2. The standard InChI is InChI=1S/C13H12ClN3O/c1-9-4-2-3-5-10(9)8-15-13(18)11-6-7-12(14)17-16-11/h2-7H,8H2,1H3,(H,15,18). The van der Waals surface area contributed by atoms with E-state index in [-0.39, 0.29) is 16.8 Å². The van der Waals surface area contributed by atoms with E-state index in [9.17, 15) is 4.79 Å². The van der Waals surface area contributed by atoms with Crippen molar-refractivity contribution < 1.29 is 4.79 Å². The van der Waals surface area contributed by atoms with Crippen LogP contribution in [-0.2, 0) is 6.54 Å². The van der Waals surface area contributed by atoms with Crippen molar-refractivity contribution in [2.24, 2.45) is 0 Å². The summed E-state index contributed by atoms with van der Waals surface area (Å²) in [6.45, 7) is 2.47. The first-order valence-electron chi connectivity index (χ1n) is 5.49. The van der Waals surface area contributed by atoms with E-state index in [1.54, 1.807) is 6.07 Å². The van der Waals surface area contributed by atoms with Gasteiger partial charge in [-0.25, -0.2) is 0 Å². The van der Waals surface area contributed by atoms with Crippen LogP contribution in [0.5, 0.6) is 0 Å². The third-order valence-electron chi connectivity index (χ3n) is 2.57. The van der Waals surface area contributed by atoms with Crippen LogP contribution in [0.25, 0.3) is 0 Å². The average Bonchev–Trinajstić information content (AvgIpc) is 2.38. The number of halogens is 1. The molecule has 1 aromatic carbocycles. The first kappa shape index (κ1) is 12.5. The Hall–Kier alpha value is -1.94. The number of nitrogens with one attached hydrogen (secondary N) is 1. The minimum atomic E-state index is -0.262. The summed E-state index contributed by atoms with van der Waals surface area (Å²) in [5.74, 6) is -0.262. The van der Waals surface area contributed by atoms with Gasteiger partial charge in [0, 0.05) is 6.54 Å². The second-order valence-electron chi connectivity index (χ2n) is 3.85. The van der Waals surface area contributed by atoms with Crippen LogP contribution in [0.15, 0.2) is 36.4 Å². The number of carbonyl (C=O) groups excluding carboxylic acids is 1. The Bertz CT molecular complexity index is 554. The number of benzene rings is 1. The molecule has 0 bridgehead atoms. The monoisotopic (exact) mass is 261 g/mol. The van der Waals surface area contributed by atoms with Crippen molar-refractivity contribution in [2.75, 3.05) is 0 Å². The lowest BCUT2D eigenvalue weighted by molar-refractivity contribution is 0.0945. The molecule has 0 aliphatic rings. The molecular weight excluding hydrogens is 250 g/mol. The van der Waals surface area contributed by atoms with Gasteiger partial charge >= 0.3 is 0 Å². The zero-order chi connectivity index (χ0) is 13.0. The van der Waals surface area contributed by atoms with Gasteiger partial charge in [0.15, 0.2) is 10.8 Å². The lowest BCUT2D eigenvalue weighted by atomic mass is 10.1. The molecule has 0 saturated heterocycles. The molecule has 0 unspecified atom stereocenters. The molecule has 4 nitrogen and oxygen atoms in total. The Kier molecular flexibility index (Phi) is 3.89. The van der Waals surface area contributed by atoms with Crippen molar-refractivity contribution in [3.8, 4) is 0 Å². The summed E-state index contributed by atoms with van der Waals surface area (Å²) in [5, 5.41) is 10.4. The Morgan fingerprint density at radius 2 is 2.00 bits per heavy atom. The molecule has 2 rings (SSSR count). The van der Waals surface area contributed by atoms with Crippen LogP contribution < -0.4 is 5.32 Å². The molecule has 1 N–H and O–H groups in total. The Morgan fingerprint density at radius 3 is 2.67 bits per heavy atom. The minimum Gasteiger partial charge on any atom is -0.347 e. The molecule has 0 radical (unpaired) electrons. The number of carbonyl (C=O) groups is 1. The quantitative estimate of drug-likeness (QED) is 0.923. The summed E-state index contributed by atoms with van der Waals surface area (Å²) in [6, 6.07) is 11.0. The largest absolute Gasteiger partial charge is 0.347 e. The molecule has 1 amide bonds. The number of amides is 1.